The molecule has 7 nitrogen and oxygen atoms in total. The van der Waals surface area contributed by atoms with Gasteiger partial charge in [0.05, 0.1) is 11.0 Å². The second-order valence-corrected chi connectivity index (χ2v) is 5.86. The second kappa shape index (κ2) is 6.15. The van der Waals surface area contributed by atoms with Crippen LogP contribution in [0.3, 0.4) is 0 Å². The zero-order chi connectivity index (χ0) is 15.6. The average molecular weight is 327 g/mol. The third-order valence-corrected chi connectivity index (χ3v) is 4.05. The summed E-state index contributed by atoms with van der Waals surface area (Å²) in [6.07, 6.45) is 0. The van der Waals surface area contributed by atoms with E-state index in [1.54, 1.807) is 26.1 Å². The van der Waals surface area contributed by atoms with Gasteiger partial charge in [-0.15, -0.1) is 10.2 Å². The van der Waals surface area contributed by atoms with E-state index in [4.69, 9.17) is 11.6 Å². The number of non-ortho nitro benzene ring substituents is 1. The first-order chi connectivity index (χ1) is 9.90. The molecule has 1 aromatic carbocycles. The maximum atomic E-state index is 12.2. The summed E-state index contributed by atoms with van der Waals surface area (Å²) < 4.78 is 0.190. The number of aromatic nitrogens is 2. The number of nitrogens with zero attached hydrogens (tertiary/aromatic N) is 4. The van der Waals surface area contributed by atoms with E-state index in [2.05, 4.69) is 10.2 Å². The molecule has 1 heterocycles. The lowest BCUT2D eigenvalue weighted by Gasteiger charge is -2.24. The Morgan fingerprint density at radius 1 is 1.48 bits per heavy atom. The van der Waals surface area contributed by atoms with Crippen LogP contribution in [0.1, 0.15) is 28.3 Å². The zero-order valence-corrected chi connectivity index (χ0v) is 12.8. The van der Waals surface area contributed by atoms with Crippen LogP contribution in [0.2, 0.25) is 4.47 Å². The summed E-state index contributed by atoms with van der Waals surface area (Å²) in [5.41, 5.74) is 0.648. The molecule has 21 heavy (non-hydrogen) atoms. The normalized spacial score (nSPS) is 12.0. The molecule has 0 saturated heterocycles. The Hall–Kier alpha value is -2.06. The Kier molecular flexibility index (Phi) is 4.49. The Bertz CT molecular complexity index is 691. The molecule has 110 valence electrons. The number of halogens is 1. The van der Waals surface area contributed by atoms with Gasteiger partial charge in [0.15, 0.2) is 0 Å². The lowest BCUT2D eigenvalue weighted by Crippen LogP contribution is -2.29. The van der Waals surface area contributed by atoms with Crippen molar-refractivity contribution in [2.24, 2.45) is 0 Å². The zero-order valence-electron chi connectivity index (χ0n) is 11.2. The summed E-state index contributed by atoms with van der Waals surface area (Å²) in [5, 5.41) is 18.3. The molecule has 0 radical (unpaired) electrons. The van der Waals surface area contributed by atoms with E-state index in [0.717, 1.165) is 11.3 Å². The van der Waals surface area contributed by atoms with Gasteiger partial charge in [0.25, 0.3) is 11.6 Å². The van der Waals surface area contributed by atoms with Crippen LogP contribution >= 0.6 is 22.9 Å². The smallest absolute Gasteiger partial charge is 0.285 e. The van der Waals surface area contributed by atoms with Crippen molar-refractivity contribution in [3.05, 3.63) is 49.4 Å². The molecule has 9 heteroatoms. The van der Waals surface area contributed by atoms with Gasteiger partial charge in [-0.3, -0.25) is 14.9 Å². The highest BCUT2D eigenvalue weighted by molar-refractivity contribution is 7.17. The third-order valence-electron chi connectivity index (χ3n) is 3.05. The fraction of sp³-hybridized carbons (Fsp3) is 0.250. The molecule has 1 aromatic heterocycles. The van der Waals surface area contributed by atoms with Gasteiger partial charge >= 0.3 is 0 Å². The molecule has 2 aromatic rings. The molecule has 1 unspecified atom stereocenters. The Balaban J connectivity index is 2.22. The van der Waals surface area contributed by atoms with Gasteiger partial charge in [0.2, 0.25) is 9.47 Å². The summed E-state index contributed by atoms with van der Waals surface area (Å²) in [4.78, 5) is 24.0. The lowest BCUT2D eigenvalue weighted by atomic mass is 10.1. The number of hydrogen-bond acceptors (Lipinski definition) is 6. The van der Waals surface area contributed by atoms with E-state index >= 15 is 0 Å². The van der Waals surface area contributed by atoms with Crippen molar-refractivity contribution in [3.63, 3.8) is 0 Å². The van der Waals surface area contributed by atoms with Crippen molar-refractivity contribution in [1.29, 1.82) is 0 Å². The van der Waals surface area contributed by atoms with E-state index in [1.807, 2.05) is 0 Å². The molecule has 0 N–H and O–H groups in total. The van der Waals surface area contributed by atoms with Crippen LogP contribution in [0.25, 0.3) is 0 Å². The minimum Gasteiger partial charge on any atom is -0.333 e. The topological polar surface area (TPSA) is 89.2 Å². The maximum Gasteiger partial charge on any atom is 0.285 e. The minimum atomic E-state index is -0.470. The van der Waals surface area contributed by atoms with Crippen molar-refractivity contribution < 1.29 is 9.72 Å². The van der Waals surface area contributed by atoms with Crippen LogP contribution < -0.4 is 0 Å². The number of carbonyl (C=O) groups excluding carboxylic acids is 1. The predicted molar refractivity (Wildman–Crippen MR) is 78.5 cm³/mol. The molecule has 0 saturated carbocycles. The Morgan fingerprint density at radius 3 is 2.76 bits per heavy atom. The van der Waals surface area contributed by atoms with Crippen molar-refractivity contribution in [2.45, 2.75) is 13.0 Å². The van der Waals surface area contributed by atoms with E-state index in [9.17, 15) is 14.9 Å². The molecular formula is C12H11ClN4O3S. The van der Waals surface area contributed by atoms with Gasteiger partial charge in [-0.1, -0.05) is 23.5 Å². The average Bonchev–Trinajstić information content (AvgIpc) is 2.91. The molecule has 0 aliphatic heterocycles. The van der Waals surface area contributed by atoms with E-state index < -0.39 is 4.92 Å². The first kappa shape index (κ1) is 15.3. The molecule has 0 bridgehead atoms. The quantitative estimate of drug-likeness (QED) is 0.636. The number of nitro groups is 1. The summed E-state index contributed by atoms with van der Waals surface area (Å²) in [7, 11) is 1.60. The molecule has 0 spiro atoms. The van der Waals surface area contributed by atoms with Crippen molar-refractivity contribution >= 4 is 34.5 Å². The fourth-order valence-electron chi connectivity index (χ4n) is 1.74. The number of nitro benzene ring substituents is 1. The standard InChI is InChI=1S/C12H11ClN4O3S/c1-7(8-4-3-5-9(6-8)17(19)20)16(2)11(18)10-14-15-12(13)21-10/h3-7H,1-2H3. The van der Waals surface area contributed by atoms with E-state index in [1.165, 1.54) is 17.0 Å². The van der Waals surface area contributed by atoms with Crippen LogP contribution in [-0.4, -0.2) is 33.0 Å². The molecular weight excluding hydrogens is 316 g/mol. The van der Waals surface area contributed by atoms with Gasteiger partial charge in [-0.25, -0.2) is 0 Å². The summed E-state index contributed by atoms with van der Waals surface area (Å²) in [6, 6.07) is 5.82. The van der Waals surface area contributed by atoms with Gasteiger partial charge in [-0.05, 0) is 24.1 Å². The number of hydrogen-bond donors (Lipinski definition) is 0. The third kappa shape index (κ3) is 3.34. The van der Waals surface area contributed by atoms with Crippen LogP contribution in [-0.2, 0) is 0 Å². The lowest BCUT2D eigenvalue weighted by molar-refractivity contribution is -0.384. The monoisotopic (exact) mass is 326 g/mol. The fourth-order valence-corrected chi connectivity index (χ4v) is 2.55. The van der Waals surface area contributed by atoms with E-state index in [0.29, 0.717) is 5.56 Å². The summed E-state index contributed by atoms with van der Waals surface area (Å²) in [5.74, 6) is -0.335. The second-order valence-electron chi connectivity index (χ2n) is 4.30. The largest absolute Gasteiger partial charge is 0.333 e. The number of benzene rings is 1. The molecule has 0 fully saturated rings. The van der Waals surface area contributed by atoms with Gasteiger partial charge in [-0.2, -0.15) is 0 Å². The highest BCUT2D eigenvalue weighted by atomic mass is 35.5. The predicted octanol–water partition coefficient (Wildman–Crippen LogP) is 2.93. The van der Waals surface area contributed by atoms with Crippen LogP contribution in [0, 0.1) is 10.1 Å². The minimum absolute atomic E-state index is 0.0147. The first-order valence-corrected chi connectivity index (χ1v) is 7.10. The first-order valence-electron chi connectivity index (χ1n) is 5.90. The van der Waals surface area contributed by atoms with Crippen LogP contribution in [0.4, 0.5) is 5.69 Å². The summed E-state index contributed by atoms with van der Waals surface area (Å²) >= 11 is 6.65. The number of rotatable bonds is 4. The van der Waals surface area contributed by atoms with Crippen molar-refractivity contribution in [2.75, 3.05) is 7.05 Å². The van der Waals surface area contributed by atoms with Crippen LogP contribution in [0.15, 0.2) is 24.3 Å². The Morgan fingerprint density at radius 2 is 2.19 bits per heavy atom. The highest BCUT2D eigenvalue weighted by Crippen LogP contribution is 2.25. The van der Waals surface area contributed by atoms with Gasteiger partial charge < -0.3 is 4.90 Å². The Labute approximate surface area is 129 Å². The molecule has 0 aliphatic rings. The van der Waals surface area contributed by atoms with Gasteiger partial charge in [0.1, 0.15) is 0 Å². The van der Waals surface area contributed by atoms with Crippen molar-refractivity contribution in [3.8, 4) is 0 Å². The molecule has 1 atom stereocenters. The summed E-state index contributed by atoms with van der Waals surface area (Å²) in [6.45, 7) is 1.78. The number of amides is 1. The molecule has 1 amide bonds. The number of carbonyl (C=O) groups is 1. The van der Waals surface area contributed by atoms with Gasteiger partial charge in [0, 0.05) is 19.2 Å². The van der Waals surface area contributed by atoms with Crippen molar-refractivity contribution in [1.82, 2.24) is 15.1 Å². The molecule has 0 aliphatic carbocycles. The maximum absolute atomic E-state index is 12.2. The highest BCUT2D eigenvalue weighted by Gasteiger charge is 2.23. The van der Waals surface area contributed by atoms with E-state index in [-0.39, 0.29) is 27.1 Å². The molecule has 2 rings (SSSR count). The SMILES string of the molecule is CC(c1cccc([N+](=O)[O-])c1)N(C)C(=O)c1nnc(Cl)s1. The van der Waals surface area contributed by atoms with Crippen LogP contribution in [0.5, 0.6) is 0 Å².